The predicted molar refractivity (Wildman–Crippen MR) is 121 cm³/mol. The van der Waals surface area contributed by atoms with Crippen molar-refractivity contribution in [1.82, 2.24) is 10.6 Å². The van der Waals surface area contributed by atoms with Crippen LogP contribution >= 0.6 is 0 Å². The van der Waals surface area contributed by atoms with Crippen molar-refractivity contribution < 1.29 is 9.47 Å². The molecule has 1 aliphatic rings. The Morgan fingerprint density at radius 1 is 0.690 bits per heavy atom. The summed E-state index contributed by atoms with van der Waals surface area (Å²) in [5.41, 5.74) is 5.32. The first kappa shape index (κ1) is 21.7. The topological polar surface area (TPSA) is 42.5 Å². The first-order valence-electron chi connectivity index (χ1n) is 11.2. The zero-order valence-electron chi connectivity index (χ0n) is 18.1. The molecule has 0 unspecified atom stereocenters. The Kier molecular flexibility index (Phi) is 8.84. The number of ether oxygens (including phenoxy) is 2. The van der Waals surface area contributed by atoms with Gasteiger partial charge in [0.1, 0.15) is 11.5 Å². The van der Waals surface area contributed by atoms with Crippen molar-refractivity contribution in [3.05, 3.63) is 47.5 Å². The molecule has 1 aliphatic carbocycles. The van der Waals surface area contributed by atoms with Gasteiger partial charge in [-0.3, -0.25) is 0 Å². The monoisotopic (exact) mass is 396 g/mol. The lowest BCUT2D eigenvalue weighted by atomic mass is 10.1. The largest absolute Gasteiger partial charge is 0.494 e. The number of benzene rings is 2. The van der Waals surface area contributed by atoms with E-state index >= 15 is 0 Å². The van der Waals surface area contributed by atoms with E-state index < -0.39 is 0 Å². The van der Waals surface area contributed by atoms with Gasteiger partial charge in [0.15, 0.2) is 0 Å². The van der Waals surface area contributed by atoms with Crippen molar-refractivity contribution in [1.29, 1.82) is 0 Å². The average Bonchev–Trinajstić information content (AvgIpc) is 3.10. The number of rotatable bonds is 14. The van der Waals surface area contributed by atoms with Crippen molar-refractivity contribution in [3.8, 4) is 22.6 Å². The quantitative estimate of drug-likeness (QED) is 0.384. The van der Waals surface area contributed by atoms with Gasteiger partial charge in [0.05, 0.1) is 13.2 Å². The van der Waals surface area contributed by atoms with Gasteiger partial charge in [-0.1, -0.05) is 26.0 Å². The van der Waals surface area contributed by atoms with Crippen LogP contribution in [0, 0.1) is 0 Å². The standard InChI is InChI=1S/C25H36N2O2/c1-3-11-26-13-5-15-28-22-9-7-20-17-21-8-10-23(19-25(21)24(20)18-22)29-16-6-14-27-12-4-2/h7-10,18-19,26-27H,3-6,11-17H2,1-2H3. The van der Waals surface area contributed by atoms with Gasteiger partial charge >= 0.3 is 0 Å². The molecule has 0 amide bonds. The molecular formula is C25H36N2O2. The van der Waals surface area contributed by atoms with Crippen molar-refractivity contribution in [2.24, 2.45) is 0 Å². The Morgan fingerprint density at radius 2 is 1.17 bits per heavy atom. The van der Waals surface area contributed by atoms with Crippen molar-refractivity contribution in [2.45, 2.75) is 46.0 Å². The molecule has 0 radical (unpaired) electrons. The van der Waals surface area contributed by atoms with Gasteiger partial charge in [-0.2, -0.15) is 0 Å². The minimum Gasteiger partial charge on any atom is -0.494 e. The summed E-state index contributed by atoms with van der Waals surface area (Å²) in [4.78, 5) is 0. The summed E-state index contributed by atoms with van der Waals surface area (Å²) in [5, 5.41) is 6.83. The van der Waals surface area contributed by atoms with Crippen molar-refractivity contribution >= 4 is 0 Å². The number of hydrogen-bond donors (Lipinski definition) is 2. The third-order valence-corrected chi connectivity index (χ3v) is 5.22. The van der Waals surface area contributed by atoms with Crippen LogP contribution in [0.25, 0.3) is 11.1 Å². The van der Waals surface area contributed by atoms with E-state index in [4.69, 9.17) is 9.47 Å². The number of hydrogen-bond acceptors (Lipinski definition) is 4. The Morgan fingerprint density at radius 3 is 1.62 bits per heavy atom. The van der Waals surface area contributed by atoms with Crippen LogP contribution in [0.4, 0.5) is 0 Å². The second kappa shape index (κ2) is 11.8. The van der Waals surface area contributed by atoms with E-state index in [2.05, 4.69) is 60.9 Å². The van der Waals surface area contributed by atoms with E-state index in [1.54, 1.807) is 0 Å². The second-order valence-corrected chi connectivity index (χ2v) is 7.72. The van der Waals surface area contributed by atoms with Crippen molar-refractivity contribution in [2.75, 3.05) is 39.4 Å². The molecule has 3 rings (SSSR count). The van der Waals surface area contributed by atoms with E-state index in [1.165, 1.54) is 35.1 Å². The van der Waals surface area contributed by atoms with Gasteiger partial charge in [0.2, 0.25) is 0 Å². The van der Waals surface area contributed by atoms with Crippen LogP contribution < -0.4 is 20.1 Å². The Balaban J connectivity index is 1.54. The van der Waals surface area contributed by atoms with Crippen LogP contribution in [-0.2, 0) is 6.42 Å². The molecule has 2 aromatic rings. The van der Waals surface area contributed by atoms with Gasteiger partial charge in [0.25, 0.3) is 0 Å². The lowest BCUT2D eigenvalue weighted by molar-refractivity contribution is 0.308. The van der Waals surface area contributed by atoms with Crippen LogP contribution in [-0.4, -0.2) is 39.4 Å². The second-order valence-electron chi connectivity index (χ2n) is 7.72. The first-order chi connectivity index (χ1) is 14.3. The summed E-state index contributed by atoms with van der Waals surface area (Å²) in [7, 11) is 0. The molecule has 0 bridgehead atoms. The fourth-order valence-corrected chi connectivity index (χ4v) is 3.68. The fourth-order valence-electron chi connectivity index (χ4n) is 3.68. The molecular weight excluding hydrogens is 360 g/mol. The van der Waals surface area contributed by atoms with Gasteiger partial charge in [0, 0.05) is 0 Å². The zero-order chi connectivity index (χ0) is 20.3. The predicted octanol–water partition coefficient (Wildman–Crippen LogP) is 4.79. The highest BCUT2D eigenvalue weighted by Gasteiger charge is 2.19. The third-order valence-electron chi connectivity index (χ3n) is 5.22. The van der Waals surface area contributed by atoms with Crippen LogP contribution in [0.15, 0.2) is 36.4 Å². The van der Waals surface area contributed by atoms with Crippen LogP contribution in [0.3, 0.4) is 0 Å². The van der Waals surface area contributed by atoms with E-state index in [1.807, 2.05) is 0 Å². The van der Waals surface area contributed by atoms with E-state index in [0.29, 0.717) is 0 Å². The average molecular weight is 397 g/mol. The van der Waals surface area contributed by atoms with Gasteiger partial charge < -0.3 is 20.1 Å². The van der Waals surface area contributed by atoms with E-state index in [0.717, 1.165) is 70.2 Å². The SMILES string of the molecule is CCCNCCCOc1ccc2c(c1)-c1cc(OCCCNCCC)ccc1C2. The lowest BCUT2D eigenvalue weighted by Gasteiger charge is -2.10. The van der Waals surface area contributed by atoms with E-state index in [9.17, 15) is 0 Å². The smallest absolute Gasteiger partial charge is 0.119 e. The molecule has 0 heterocycles. The summed E-state index contributed by atoms with van der Waals surface area (Å²) < 4.78 is 12.0. The molecule has 2 N–H and O–H groups in total. The highest BCUT2D eigenvalue weighted by atomic mass is 16.5. The van der Waals surface area contributed by atoms with Gasteiger partial charge in [-0.05, 0) is 105 Å². The molecule has 4 nitrogen and oxygen atoms in total. The highest BCUT2D eigenvalue weighted by molar-refractivity contribution is 5.78. The maximum absolute atomic E-state index is 5.99. The number of fused-ring (bicyclic) bond motifs is 3. The Hall–Kier alpha value is -2.04. The molecule has 0 saturated carbocycles. The summed E-state index contributed by atoms with van der Waals surface area (Å²) in [6.45, 7) is 10.0. The van der Waals surface area contributed by atoms with Crippen LogP contribution in [0.1, 0.15) is 50.7 Å². The molecule has 0 aliphatic heterocycles. The molecule has 2 aromatic carbocycles. The minimum absolute atomic E-state index is 0.748. The normalized spacial score (nSPS) is 11.9. The van der Waals surface area contributed by atoms with Gasteiger partial charge in [-0.25, -0.2) is 0 Å². The van der Waals surface area contributed by atoms with Crippen LogP contribution in [0.5, 0.6) is 11.5 Å². The molecule has 0 aromatic heterocycles. The summed E-state index contributed by atoms with van der Waals surface area (Å²) in [6.07, 6.45) is 5.39. The lowest BCUT2D eigenvalue weighted by Crippen LogP contribution is -2.18. The third kappa shape index (κ3) is 6.48. The zero-order valence-corrected chi connectivity index (χ0v) is 18.1. The molecule has 29 heavy (non-hydrogen) atoms. The van der Waals surface area contributed by atoms with Crippen molar-refractivity contribution in [3.63, 3.8) is 0 Å². The number of nitrogens with one attached hydrogen (secondary N) is 2. The maximum Gasteiger partial charge on any atom is 0.119 e. The fraction of sp³-hybridized carbons (Fsp3) is 0.520. The van der Waals surface area contributed by atoms with Crippen LogP contribution in [0.2, 0.25) is 0 Å². The highest BCUT2D eigenvalue weighted by Crippen LogP contribution is 2.40. The molecule has 0 spiro atoms. The minimum atomic E-state index is 0.748. The Bertz CT molecular complexity index is 697. The summed E-state index contributed by atoms with van der Waals surface area (Å²) in [6, 6.07) is 13.0. The molecule has 0 fully saturated rings. The molecule has 0 atom stereocenters. The summed E-state index contributed by atoms with van der Waals surface area (Å²) >= 11 is 0. The van der Waals surface area contributed by atoms with Gasteiger partial charge in [-0.15, -0.1) is 0 Å². The first-order valence-corrected chi connectivity index (χ1v) is 11.2. The maximum atomic E-state index is 5.99. The molecule has 158 valence electrons. The van der Waals surface area contributed by atoms with E-state index in [-0.39, 0.29) is 0 Å². The molecule has 4 heteroatoms. The Labute approximate surface area is 176 Å². The molecule has 0 saturated heterocycles. The summed E-state index contributed by atoms with van der Waals surface area (Å²) in [5.74, 6) is 1.92.